The largest absolute Gasteiger partial charge is 0.463 e. The summed E-state index contributed by atoms with van der Waals surface area (Å²) in [6, 6.07) is 7.60. The first-order valence-electron chi connectivity index (χ1n) is 6.28. The third-order valence-electron chi connectivity index (χ3n) is 3.12. The Balaban J connectivity index is 2.18. The number of halogens is 1. The minimum Gasteiger partial charge on any atom is -0.463 e. The van der Waals surface area contributed by atoms with Crippen molar-refractivity contribution in [1.29, 1.82) is 0 Å². The Morgan fingerprint density at radius 2 is 2.17 bits per heavy atom. The van der Waals surface area contributed by atoms with Crippen molar-refractivity contribution in [3.05, 3.63) is 34.9 Å². The minimum absolute atomic E-state index is 0.0371. The predicted molar refractivity (Wildman–Crippen MR) is 71.5 cm³/mol. The van der Waals surface area contributed by atoms with Gasteiger partial charge in [0.15, 0.2) is 0 Å². The van der Waals surface area contributed by atoms with Crippen molar-refractivity contribution in [2.45, 2.75) is 32.4 Å². The van der Waals surface area contributed by atoms with Gasteiger partial charge >= 0.3 is 5.97 Å². The van der Waals surface area contributed by atoms with Crippen LogP contribution in [0.1, 0.15) is 31.9 Å². The van der Waals surface area contributed by atoms with E-state index in [9.17, 15) is 4.79 Å². The standard InChI is InChI=1S/C14H18ClNO2/c1-9(2)18-14(17)11-7-8-16-13(11)10-5-3-4-6-12(10)15/h3-6,9,11,13,16H,7-8H2,1-2H3/t11-,13?/m1/s1. The van der Waals surface area contributed by atoms with Crippen LogP contribution in [0.5, 0.6) is 0 Å². The van der Waals surface area contributed by atoms with Crippen molar-refractivity contribution in [3.63, 3.8) is 0 Å². The number of hydrogen-bond acceptors (Lipinski definition) is 3. The number of carbonyl (C=O) groups is 1. The SMILES string of the molecule is CC(C)OC(=O)[C@@H]1CCNC1c1ccccc1Cl. The van der Waals surface area contributed by atoms with Gasteiger partial charge in [-0.25, -0.2) is 0 Å². The molecule has 0 bridgehead atoms. The summed E-state index contributed by atoms with van der Waals surface area (Å²) in [6.45, 7) is 4.54. The smallest absolute Gasteiger partial charge is 0.311 e. The molecule has 0 spiro atoms. The zero-order valence-corrected chi connectivity index (χ0v) is 11.4. The average Bonchev–Trinajstić information content (AvgIpc) is 2.77. The van der Waals surface area contributed by atoms with E-state index in [0.717, 1.165) is 18.5 Å². The van der Waals surface area contributed by atoms with E-state index in [1.165, 1.54) is 0 Å². The third kappa shape index (κ3) is 2.85. The Hall–Kier alpha value is -1.06. The van der Waals surface area contributed by atoms with E-state index in [2.05, 4.69) is 5.32 Å². The summed E-state index contributed by atoms with van der Waals surface area (Å²) in [5.41, 5.74) is 0.974. The van der Waals surface area contributed by atoms with Gasteiger partial charge in [-0.1, -0.05) is 29.8 Å². The molecule has 2 atom stereocenters. The van der Waals surface area contributed by atoms with Gasteiger partial charge in [-0.05, 0) is 38.4 Å². The summed E-state index contributed by atoms with van der Waals surface area (Å²) in [4.78, 5) is 12.0. The van der Waals surface area contributed by atoms with Gasteiger partial charge in [-0.15, -0.1) is 0 Å². The van der Waals surface area contributed by atoms with Gasteiger partial charge in [-0.3, -0.25) is 4.79 Å². The number of benzene rings is 1. The van der Waals surface area contributed by atoms with Gasteiger partial charge in [0.25, 0.3) is 0 Å². The molecule has 0 saturated carbocycles. The van der Waals surface area contributed by atoms with Crippen molar-refractivity contribution in [2.24, 2.45) is 5.92 Å². The second-order valence-corrected chi connectivity index (χ2v) is 5.24. The zero-order chi connectivity index (χ0) is 13.1. The number of esters is 1. The summed E-state index contributed by atoms with van der Waals surface area (Å²) in [5.74, 6) is -0.285. The highest BCUT2D eigenvalue weighted by molar-refractivity contribution is 6.31. The molecule has 1 fully saturated rings. The van der Waals surface area contributed by atoms with Crippen molar-refractivity contribution < 1.29 is 9.53 Å². The van der Waals surface area contributed by atoms with Gasteiger partial charge in [0.1, 0.15) is 0 Å². The average molecular weight is 268 g/mol. The van der Waals surface area contributed by atoms with Gasteiger partial charge in [0, 0.05) is 11.1 Å². The molecule has 1 aromatic carbocycles. The number of hydrogen-bond donors (Lipinski definition) is 1. The van der Waals surface area contributed by atoms with Crippen LogP contribution in [-0.4, -0.2) is 18.6 Å². The van der Waals surface area contributed by atoms with E-state index in [-0.39, 0.29) is 24.0 Å². The Morgan fingerprint density at radius 3 is 2.83 bits per heavy atom. The number of carbonyl (C=O) groups excluding carboxylic acids is 1. The second kappa shape index (κ2) is 5.72. The van der Waals surface area contributed by atoms with Crippen LogP contribution >= 0.6 is 11.6 Å². The maximum atomic E-state index is 12.0. The summed E-state index contributed by atoms with van der Waals surface area (Å²) >= 11 is 6.19. The third-order valence-corrected chi connectivity index (χ3v) is 3.46. The fraction of sp³-hybridized carbons (Fsp3) is 0.500. The van der Waals surface area contributed by atoms with Crippen LogP contribution in [0.4, 0.5) is 0 Å². The van der Waals surface area contributed by atoms with Crippen LogP contribution < -0.4 is 5.32 Å². The molecule has 0 aromatic heterocycles. The first-order valence-corrected chi connectivity index (χ1v) is 6.65. The number of nitrogens with one attached hydrogen (secondary N) is 1. The molecule has 1 heterocycles. The van der Waals surface area contributed by atoms with Gasteiger partial charge in [0.05, 0.1) is 12.0 Å². The van der Waals surface area contributed by atoms with Crippen molar-refractivity contribution >= 4 is 17.6 Å². The van der Waals surface area contributed by atoms with Crippen LogP contribution in [0.15, 0.2) is 24.3 Å². The molecule has 1 N–H and O–H groups in total. The lowest BCUT2D eigenvalue weighted by molar-refractivity contribution is -0.152. The lowest BCUT2D eigenvalue weighted by Crippen LogP contribution is -2.27. The lowest BCUT2D eigenvalue weighted by Gasteiger charge is -2.21. The molecule has 4 heteroatoms. The Morgan fingerprint density at radius 1 is 1.44 bits per heavy atom. The highest BCUT2D eigenvalue weighted by atomic mass is 35.5. The van der Waals surface area contributed by atoms with Crippen LogP contribution in [0.25, 0.3) is 0 Å². The van der Waals surface area contributed by atoms with E-state index in [1.54, 1.807) is 0 Å². The van der Waals surface area contributed by atoms with Crippen LogP contribution in [0, 0.1) is 5.92 Å². The van der Waals surface area contributed by atoms with Crippen LogP contribution in [0.3, 0.4) is 0 Å². The molecule has 98 valence electrons. The van der Waals surface area contributed by atoms with Gasteiger partial charge in [-0.2, -0.15) is 0 Å². The second-order valence-electron chi connectivity index (χ2n) is 4.83. The molecule has 18 heavy (non-hydrogen) atoms. The molecule has 1 aromatic rings. The number of rotatable bonds is 3. The normalized spacial score (nSPS) is 23.3. The fourth-order valence-corrected chi connectivity index (χ4v) is 2.58. The molecule has 1 saturated heterocycles. The molecule has 0 amide bonds. The Labute approximate surface area is 112 Å². The van der Waals surface area contributed by atoms with Gasteiger partial charge < -0.3 is 10.1 Å². The highest BCUT2D eigenvalue weighted by Crippen LogP contribution is 2.34. The topological polar surface area (TPSA) is 38.3 Å². The summed E-state index contributed by atoms with van der Waals surface area (Å²) in [6.07, 6.45) is 0.714. The van der Waals surface area contributed by atoms with Crippen molar-refractivity contribution in [1.82, 2.24) is 5.32 Å². The summed E-state index contributed by atoms with van der Waals surface area (Å²) < 4.78 is 5.30. The molecule has 3 nitrogen and oxygen atoms in total. The quantitative estimate of drug-likeness (QED) is 0.856. The molecule has 1 aliphatic rings. The monoisotopic (exact) mass is 267 g/mol. The van der Waals surface area contributed by atoms with Crippen LogP contribution in [-0.2, 0) is 9.53 Å². The zero-order valence-electron chi connectivity index (χ0n) is 10.7. The molecule has 2 rings (SSSR count). The van der Waals surface area contributed by atoms with Crippen LogP contribution in [0.2, 0.25) is 5.02 Å². The van der Waals surface area contributed by atoms with E-state index in [4.69, 9.17) is 16.3 Å². The highest BCUT2D eigenvalue weighted by Gasteiger charge is 2.36. The molecule has 0 aliphatic carbocycles. The Bertz CT molecular complexity index is 434. The fourth-order valence-electron chi connectivity index (χ4n) is 2.33. The maximum Gasteiger partial charge on any atom is 0.311 e. The lowest BCUT2D eigenvalue weighted by atomic mass is 9.94. The predicted octanol–water partition coefficient (Wildman–Crippen LogP) is 2.94. The van der Waals surface area contributed by atoms with Gasteiger partial charge in [0.2, 0.25) is 0 Å². The Kier molecular flexibility index (Phi) is 4.25. The molecule has 1 unspecified atom stereocenters. The van der Waals surface area contributed by atoms with E-state index in [1.807, 2.05) is 38.1 Å². The molecular formula is C14H18ClNO2. The summed E-state index contributed by atoms with van der Waals surface area (Å²) in [7, 11) is 0. The number of ether oxygens (including phenoxy) is 1. The molecule has 0 radical (unpaired) electrons. The van der Waals surface area contributed by atoms with Crippen molar-refractivity contribution in [2.75, 3.05) is 6.54 Å². The van der Waals surface area contributed by atoms with E-state index >= 15 is 0 Å². The van der Waals surface area contributed by atoms with E-state index in [0.29, 0.717) is 5.02 Å². The summed E-state index contributed by atoms with van der Waals surface area (Å²) in [5, 5.41) is 4.03. The molecular weight excluding hydrogens is 250 g/mol. The first-order chi connectivity index (χ1) is 8.59. The first kappa shape index (κ1) is 13.4. The molecule has 1 aliphatic heterocycles. The van der Waals surface area contributed by atoms with Crippen molar-refractivity contribution in [3.8, 4) is 0 Å². The minimum atomic E-state index is -0.146. The van der Waals surface area contributed by atoms with E-state index < -0.39 is 0 Å². The maximum absolute atomic E-state index is 12.0.